The number of rotatable bonds is 7. The summed E-state index contributed by atoms with van der Waals surface area (Å²) in [5, 5.41) is 21.1. The van der Waals surface area contributed by atoms with Crippen molar-refractivity contribution in [2.45, 2.75) is 52.4 Å². The van der Waals surface area contributed by atoms with Gasteiger partial charge >= 0.3 is 5.97 Å². The lowest BCUT2D eigenvalue weighted by Gasteiger charge is -2.28. The van der Waals surface area contributed by atoms with Crippen molar-refractivity contribution >= 4 is 11.9 Å². The molecular formula is C14H25NO4. The molecule has 1 rings (SSSR count). The van der Waals surface area contributed by atoms with E-state index in [1.54, 1.807) is 13.8 Å². The van der Waals surface area contributed by atoms with Crippen LogP contribution in [0.2, 0.25) is 0 Å². The number of aliphatic carboxylic acids is 1. The molecule has 0 bridgehead atoms. The molecule has 19 heavy (non-hydrogen) atoms. The highest BCUT2D eigenvalue weighted by atomic mass is 16.4. The summed E-state index contributed by atoms with van der Waals surface area (Å²) in [5.41, 5.74) is -0.704. The Hall–Kier alpha value is -1.10. The van der Waals surface area contributed by atoms with Gasteiger partial charge in [-0.2, -0.15) is 0 Å². The Labute approximate surface area is 114 Å². The van der Waals surface area contributed by atoms with E-state index in [1.165, 1.54) is 0 Å². The van der Waals surface area contributed by atoms with E-state index in [0.717, 1.165) is 25.7 Å². The van der Waals surface area contributed by atoms with Crippen LogP contribution in [0.1, 0.15) is 52.4 Å². The quantitative estimate of drug-likeness (QED) is 0.655. The van der Waals surface area contributed by atoms with E-state index in [4.69, 9.17) is 5.11 Å². The molecule has 1 fully saturated rings. The van der Waals surface area contributed by atoms with Gasteiger partial charge in [-0.3, -0.25) is 9.59 Å². The normalized spacial score (nSPS) is 18.3. The topological polar surface area (TPSA) is 86.6 Å². The number of carboxylic acid groups (broad SMARTS) is 1. The van der Waals surface area contributed by atoms with E-state index in [1.807, 2.05) is 0 Å². The minimum Gasteiger partial charge on any atom is -0.481 e. The van der Waals surface area contributed by atoms with Crippen molar-refractivity contribution in [2.75, 3.05) is 13.2 Å². The molecular weight excluding hydrogens is 246 g/mol. The number of hydrogen-bond donors (Lipinski definition) is 3. The molecule has 1 aliphatic rings. The minimum atomic E-state index is -0.888. The van der Waals surface area contributed by atoms with Crippen molar-refractivity contribution in [1.82, 2.24) is 5.32 Å². The zero-order valence-corrected chi connectivity index (χ0v) is 11.9. The zero-order chi connectivity index (χ0) is 14.5. The summed E-state index contributed by atoms with van der Waals surface area (Å²) in [5.74, 6) is -1.02. The summed E-state index contributed by atoms with van der Waals surface area (Å²) in [7, 11) is 0. The second kappa shape index (κ2) is 6.37. The number of carbonyl (C=O) groups excluding carboxylic acids is 1. The largest absolute Gasteiger partial charge is 0.481 e. The van der Waals surface area contributed by atoms with E-state index in [9.17, 15) is 14.7 Å². The number of amides is 1. The van der Waals surface area contributed by atoms with Crippen molar-refractivity contribution in [1.29, 1.82) is 0 Å². The van der Waals surface area contributed by atoms with Crippen molar-refractivity contribution < 1.29 is 19.8 Å². The molecule has 0 radical (unpaired) electrons. The van der Waals surface area contributed by atoms with Gasteiger partial charge in [0.05, 0.1) is 13.0 Å². The Bertz CT molecular complexity index is 332. The fourth-order valence-electron chi connectivity index (χ4n) is 2.77. The first kappa shape index (κ1) is 16.0. The first-order valence-electron chi connectivity index (χ1n) is 6.88. The van der Waals surface area contributed by atoms with Crippen LogP contribution in [0, 0.1) is 10.8 Å². The maximum Gasteiger partial charge on any atom is 0.303 e. The van der Waals surface area contributed by atoms with Gasteiger partial charge in [0.15, 0.2) is 0 Å². The number of aliphatic hydroxyl groups excluding tert-OH is 1. The average molecular weight is 271 g/mol. The van der Waals surface area contributed by atoms with E-state index in [2.05, 4.69) is 5.32 Å². The maximum absolute atomic E-state index is 11.9. The molecule has 0 heterocycles. The second-order valence-electron chi connectivity index (χ2n) is 6.55. The molecule has 1 aliphatic carbocycles. The Morgan fingerprint density at radius 1 is 1.21 bits per heavy atom. The van der Waals surface area contributed by atoms with Crippen LogP contribution in [-0.2, 0) is 9.59 Å². The van der Waals surface area contributed by atoms with Gasteiger partial charge in [-0.05, 0) is 18.3 Å². The van der Waals surface area contributed by atoms with Crippen LogP contribution in [0.15, 0.2) is 0 Å². The van der Waals surface area contributed by atoms with Crippen molar-refractivity contribution in [3.63, 3.8) is 0 Å². The second-order valence-corrected chi connectivity index (χ2v) is 6.55. The third-order valence-electron chi connectivity index (χ3n) is 3.93. The monoisotopic (exact) mass is 271 g/mol. The Balaban J connectivity index is 2.41. The molecule has 5 heteroatoms. The smallest absolute Gasteiger partial charge is 0.303 e. The van der Waals surface area contributed by atoms with Gasteiger partial charge in [0.1, 0.15) is 0 Å². The molecule has 0 unspecified atom stereocenters. The van der Waals surface area contributed by atoms with Crippen LogP contribution in [0.3, 0.4) is 0 Å². The van der Waals surface area contributed by atoms with E-state index in [0.29, 0.717) is 6.54 Å². The molecule has 0 atom stereocenters. The zero-order valence-electron chi connectivity index (χ0n) is 11.9. The lowest BCUT2D eigenvalue weighted by atomic mass is 9.84. The lowest BCUT2D eigenvalue weighted by Crippen LogP contribution is -2.39. The molecule has 0 aliphatic heterocycles. The van der Waals surface area contributed by atoms with Gasteiger partial charge in [0.25, 0.3) is 0 Å². The van der Waals surface area contributed by atoms with Gasteiger partial charge in [-0.1, -0.05) is 26.7 Å². The molecule has 110 valence electrons. The van der Waals surface area contributed by atoms with Crippen LogP contribution in [0.25, 0.3) is 0 Å². The van der Waals surface area contributed by atoms with Crippen LogP contribution in [-0.4, -0.2) is 35.2 Å². The van der Waals surface area contributed by atoms with Crippen LogP contribution < -0.4 is 5.32 Å². The highest BCUT2D eigenvalue weighted by Crippen LogP contribution is 2.37. The number of aliphatic hydroxyl groups is 1. The Morgan fingerprint density at radius 2 is 1.79 bits per heavy atom. The summed E-state index contributed by atoms with van der Waals surface area (Å²) >= 11 is 0. The summed E-state index contributed by atoms with van der Waals surface area (Å²) in [6, 6.07) is 0. The molecule has 5 nitrogen and oxygen atoms in total. The predicted octanol–water partition coefficient (Wildman–Crippen LogP) is 1.55. The van der Waals surface area contributed by atoms with E-state index >= 15 is 0 Å². The van der Waals surface area contributed by atoms with Gasteiger partial charge < -0.3 is 15.5 Å². The number of carboxylic acids is 1. The molecule has 1 saturated carbocycles. The summed E-state index contributed by atoms with van der Waals surface area (Å²) in [6.45, 7) is 4.15. The van der Waals surface area contributed by atoms with Gasteiger partial charge in [-0.25, -0.2) is 0 Å². The Morgan fingerprint density at radius 3 is 2.26 bits per heavy atom. The highest BCUT2D eigenvalue weighted by Gasteiger charge is 2.34. The standard InChI is InChI=1S/C14H25NO4/c1-13(2,8-12(18)19)7-11(17)15-9-14(10-16)5-3-4-6-14/h16H,3-10H2,1-2H3,(H,15,17)(H,18,19). The SMILES string of the molecule is CC(C)(CC(=O)O)CC(=O)NCC1(CO)CCCC1. The molecule has 3 N–H and O–H groups in total. The highest BCUT2D eigenvalue weighted by molar-refractivity contribution is 5.77. The summed E-state index contributed by atoms with van der Waals surface area (Å²) in [4.78, 5) is 22.6. The van der Waals surface area contributed by atoms with E-state index < -0.39 is 11.4 Å². The Kier molecular flexibility index (Phi) is 5.35. The molecule has 1 amide bonds. The fraction of sp³-hybridized carbons (Fsp3) is 0.857. The van der Waals surface area contributed by atoms with Crippen molar-refractivity contribution in [2.24, 2.45) is 10.8 Å². The van der Waals surface area contributed by atoms with Gasteiger partial charge in [-0.15, -0.1) is 0 Å². The van der Waals surface area contributed by atoms with Crippen LogP contribution >= 0.6 is 0 Å². The van der Waals surface area contributed by atoms with Crippen molar-refractivity contribution in [3.05, 3.63) is 0 Å². The molecule has 0 aromatic heterocycles. The van der Waals surface area contributed by atoms with Gasteiger partial charge in [0.2, 0.25) is 5.91 Å². The summed E-state index contributed by atoms with van der Waals surface area (Å²) in [6.07, 6.45) is 4.26. The first-order chi connectivity index (χ1) is 8.79. The van der Waals surface area contributed by atoms with Crippen LogP contribution in [0.5, 0.6) is 0 Å². The molecule has 0 spiro atoms. The molecule has 0 aromatic rings. The lowest BCUT2D eigenvalue weighted by molar-refractivity contribution is -0.139. The number of hydrogen-bond acceptors (Lipinski definition) is 3. The third kappa shape index (κ3) is 5.19. The third-order valence-corrected chi connectivity index (χ3v) is 3.93. The van der Waals surface area contributed by atoms with Crippen molar-refractivity contribution in [3.8, 4) is 0 Å². The first-order valence-corrected chi connectivity index (χ1v) is 6.88. The molecule has 0 aromatic carbocycles. The summed E-state index contributed by atoms with van der Waals surface area (Å²) < 4.78 is 0. The fourth-order valence-corrected chi connectivity index (χ4v) is 2.77. The number of carbonyl (C=O) groups is 2. The average Bonchev–Trinajstić information content (AvgIpc) is 2.73. The maximum atomic E-state index is 11.9. The minimum absolute atomic E-state index is 0.0223. The van der Waals surface area contributed by atoms with E-state index in [-0.39, 0.29) is 30.8 Å². The van der Waals surface area contributed by atoms with Gasteiger partial charge in [0, 0.05) is 18.4 Å². The molecule has 0 saturated heterocycles. The van der Waals surface area contributed by atoms with Crippen LogP contribution in [0.4, 0.5) is 0 Å². The predicted molar refractivity (Wildman–Crippen MR) is 71.6 cm³/mol. The number of nitrogens with one attached hydrogen (secondary N) is 1.